The first kappa shape index (κ1) is 82.8. The van der Waals surface area contributed by atoms with E-state index < -0.39 is 59.1 Å². The Hall–Kier alpha value is -13.2. The van der Waals surface area contributed by atoms with Crippen molar-refractivity contribution >= 4 is 23.1 Å². The lowest BCUT2D eigenvalue weighted by atomic mass is 10.1. The number of nitrogens with zero attached hydrogens (tertiary/aromatic N) is 12. The van der Waals surface area contributed by atoms with Crippen LogP contribution in [0, 0.1) is 54.3 Å². The van der Waals surface area contributed by atoms with Crippen molar-refractivity contribution in [3.05, 3.63) is 309 Å². The van der Waals surface area contributed by atoms with E-state index in [1.54, 1.807) is 70.3 Å². The van der Waals surface area contributed by atoms with Crippen LogP contribution in [0.25, 0.3) is 0 Å². The highest BCUT2D eigenvalue weighted by Crippen LogP contribution is 2.35. The molecule has 0 spiro atoms. The van der Waals surface area contributed by atoms with Crippen LogP contribution in [0.1, 0.15) is 127 Å². The maximum Gasteiger partial charge on any atom is 0.433 e. The van der Waals surface area contributed by atoms with Crippen molar-refractivity contribution in [1.82, 2.24) is 59.8 Å². The first-order chi connectivity index (χ1) is 52.8. The minimum Gasteiger partial charge on any atom is -0.456 e. The Balaban J connectivity index is 0.000000171. The predicted octanol–water partition coefficient (Wildman–Crippen LogP) is 18.7. The lowest BCUT2D eigenvalue weighted by Gasteiger charge is -2.10. The summed E-state index contributed by atoms with van der Waals surface area (Å²) < 4.78 is 186. The Morgan fingerprint density at radius 3 is 0.848 bits per heavy atom. The molecule has 0 bridgehead atoms. The van der Waals surface area contributed by atoms with Gasteiger partial charge >= 0.3 is 24.7 Å². The van der Waals surface area contributed by atoms with Crippen molar-refractivity contribution in [3.63, 3.8) is 0 Å². The van der Waals surface area contributed by atoms with Crippen LogP contribution in [0.4, 0.5) is 57.1 Å². The average Bonchev–Trinajstić information content (AvgIpc) is 0.831. The van der Waals surface area contributed by atoms with Crippen LogP contribution in [0.15, 0.2) is 195 Å². The lowest BCUT2D eigenvalue weighted by molar-refractivity contribution is -0.142. The molecular weight excluding hydrogens is 1490 g/mol. The number of pyridine rings is 12. The third-order valence-electron chi connectivity index (χ3n) is 14.9. The molecule has 0 aliphatic rings. The number of carbonyl (C=O) groups is 4. The molecule has 20 nitrogen and oxygen atoms in total. The zero-order valence-corrected chi connectivity index (χ0v) is 59.8. The quantitative estimate of drug-likeness (QED) is 0.0507. The Bertz CT molecular complexity index is 4920. The van der Waals surface area contributed by atoms with Gasteiger partial charge in [-0.1, -0.05) is 18.2 Å². The molecule has 576 valence electrons. The van der Waals surface area contributed by atoms with Crippen LogP contribution in [-0.4, -0.2) is 82.9 Å². The second kappa shape index (κ2) is 36.3. The summed E-state index contributed by atoms with van der Waals surface area (Å²) in [6.45, 7) is 12.3. The molecule has 0 aromatic carbocycles. The van der Waals surface area contributed by atoms with E-state index in [9.17, 15) is 76.3 Å². The number of carbonyl (C=O) groups excluding carboxylic acids is 4. The Kier molecular flexibility index (Phi) is 26.9. The molecule has 0 saturated heterocycles. The normalized spacial score (nSPS) is 11.3. The molecular formula is C79H61F13N12O8. The summed E-state index contributed by atoms with van der Waals surface area (Å²) in [5.41, 5.74) is 3.40. The monoisotopic (exact) mass is 1550 g/mol. The second-order valence-corrected chi connectivity index (χ2v) is 24.5. The first-order valence-electron chi connectivity index (χ1n) is 33.1. The number of alkyl halides is 12. The minimum absolute atomic E-state index is 0.0703. The molecule has 0 amide bonds. The van der Waals surface area contributed by atoms with Crippen molar-refractivity contribution in [2.75, 3.05) is 0 Å². The SMILES string of the molecule is Cc1cc(Oc2ccc(C(F)(F)F)nc2)cc(C(=O)Cc2cc(F)ccn2)n1.Cc1ccc(CC(=O)c2cc(Oc3ccc(C(F)(F)F)nc3)cc(C)n2)nc1.Cc1cccc(CC(=O)c2cc(Oc3ccc(C(F)(F)F)nc3)cc(C)n2)n1.Cc1cccc(CC(=O)c2cc(Oc3ccc(C(F)(F)F)nc3)cc(C)n2)n1. The Morgan fingerprint density at radius 1 is 0.286 bits per heavy atom. The van der Waals surface area contributed by atoms with E-state index in [0.717, 1.165) is 78.1 Å². The topological polar surface area (TPSA) is 260 Å². The number of ether oxygens (including phenoxy) is 4. The highest BCUT2D eigenvalue weighted by Gasteiger charge is 2.35. The van der Waals surface area contributed by atoms with E-state index >= 15 is 0 Å². The van der Waals surface area contributed by atoms with Gasteiger partial charge in [-0.3, -0.25) is 39.1 Å². The number of aromatic nitrogens is 12. The van der Waals surface area contributed by atoms with E-state index in [1.165, 1.54) is 60.8 Å². The molecule has 33 heteroatoms. The molecule has 112 heavy (non-hydrogen) atoms. The van der Waals surface area contributed by atoms with Gasteiger partial charge in [0.15, 0.2) is 23.1 Å². The van der Waals surface area contributed by atoms with E-state index in [4.69, 9.17) is 18.9 Å². The van der Waals surface area contributed by atoms with Crippen molar-refractivity contribution in [1.29, 1.82) is 0 Å². The van der Waals surface area contributed by atoms with E-state index in [2.05, 4.69) is 59.8 Å². The molecule has 0 saturated carbocycles. The fraction of sp³-hybridized carbons (Fsp3) is 0.190. The van der Waals surface area contributed by atoms with Gasteiger partial charge in [-0.25, -0.2) is 44.3 Å². The van der Waals surface area contributed by atoms with Gasteiger partial charge in [0.1, 0.15) is 97.4 Å². The zero-order valence-electron chi connectivity index (χ0n) is 59.8. The van der Waals surface area contributed by atoms with Crippen molar-refractivity contribution in [3.8, 4) is 46.0 Å². The first-order valence-corrected chi connectivity index (χ1v) is 33.1. The molecule has 0 fully saturated rings. The summed E-state index contributed by atoms with van der Waals surface area (Å²) in [6.07, 6.45) is -11.2. The maximum atomic E-state index is 13.2. The van der Waals surface area contributed by atoms with Crippen LogP contribution in [0.5, 0.6) is 46.0 Å². The Morgan fingerprint density at radius 2 is 0.589 bits per heavy atom. The van der Waals surface area contributed by atoms with Crippen LogP contribution >= 0.6 is 0 Å². The lowest BCUT2D eigenvalue weighted by Crippen LogP contribution is -2.09. The van der Waals surface area contributed by atoms with Crippen molar-refractivity contribution in [2.45, 2.75) is 98.9 Å². The van der Waals surface area contributed by atoms with Gasteiger partial charge < -0.3 is 18.9 Å². The summed E-state index contributed by atoms with van der Waals surface area (Å²) in [6, 6.07) is 36.7. The number of rotatable bonds is 20. The number of hydrogen-bond donors (Lipinski definition) is 0. The fourth-order valence-electron chi connectivity index (χ4n) is 9.90. The number of Topliss-reactive ketones (excluding diaryl/α,β-unsaturated/α-hetero) is 4. The molecule has 12 aromatic rings. The van der Waals surface area contributed by atoms with Crippen LogP contribution in [0.3, 0.4) is 0 Å². The number of halogens is 13. The van der Waals surface area contributed by atoms with E-state index in [1.807, 2.05) is 51.1 Å². The van der Waals surface area contributed by atoms with Gasteiger partial charge in [0.05, 0.1) is 56.2 Å². The molecule has 0 atom stereocenters. The van der Waals surface area contributed by atoms with Gasteiger partial charge in [-0.15, -0.1) is 0 Å². The number of aryl methyl sites for hydroxylation is 7. The second-order valence-electron chi connectivity index (χ2n) is 24.5. The predicted molar refractivity (Wildman–Crippen MR) is 376 cm³/mol. The molecule has 0 N–H and O–H groups in total. The van der Waals surface area contributed by atoms with E-state index in [0.29, 0.717) is 39.9 Å². The molecule has 0 radical (unpaired) electrons. The summed E-state index contributed by atoms with van der Waals surface area (Å²) in [5.74, 6) is -0.116. The van der Waals surface area contributed by atoms with Crippen molar-refractivity contribution < 1.29 is 95.2 Å². The fourth-order valence-corrected chi connectivity index (χ4v) is 9.90. The summed E-state index contributed by atoms with van der Waals surface area (Å²) in [5, 5.41) is 0. The Labute approximate surface area is 629 Å². The van der Waals surface area contributed by atoms with Crippen LogP contribution < -0.4 is 18.9 Å². The maximum absolute atomic E-state index is 13.2. The van der Waals surface area contributed by atoms with Gasteiger partial charge in [0, 0.05) is 112 Å². The highest BCUT2D eigenvalue weighted by molar-refractivity contribution is 5.97. The smallest absolute Gasteiger partial charge is 0.433 e. The number of ketones is 4. The van der Waals surface area contributed by atoms with Gasteiger partial charge in [0.2, 0.25) is 0 Å². The standard InChI is InChI=1S/3C20H16F3N3O2.C19H13F4N3O2/c1-12-3-4-14(24-10-12)8-18(27)17-9-16(7-13(2)26-17)28-15-5-6-19(25-11-15)20(21,22)23;2*1-12-4-3-5-14(25-12)9-18(27)17-10-16(8-13(2)26-17)28-15-6-7-19(24-11-15)20(21,22)23;1-11-6-15(28-14-2-3-18(25-10-14)19(21,22)23)9-16(26-11)17(27)8-13-7-12(20)4-5-24-13/h3-7,9-11H,8H2,1-2H3;2*3-8,10-11H,9H2,1-2H3;2-7,9-10H,8H2,1H3. The van der Waals surface area contributed by atoms with Gasteiger partial charge in [-0.2, -0.15) is 52.7 Å². The minimum atomic E-state index is -4.55. The molecule has 0 unspecified atom stereocenters. The third-order valence-corrected chi connectivity index (χ3v) is 14.9. The average molecular weight is 1550 g/mol. The van der Waals surface area contributed by atoms with Crippen LogP contribution in [0.2, 0.25) is 0 Å². The molecule has 0 aliphatic carbocycles. The highest BCUT2D eigenvalue weighted by atomic mass is 19.4. The number of hydrogen-bond acceptors (Lipinski definition) is 20. The zero-order chi connectivity index (χ0) is 81.2. The largest absolute Gasteiger partial charge is 0.456 e. The summed E-state index contributed by atoms with van der Waals surface area (Å²) in [4.78, 5) is 96.9. The van der Waals surface area contributed by atoms with Gasteiger partial charge in [0.25, 0.3) is 0 Å². The van der Waals surface area contributed by atoms with Crippen molar-refractivity contribution in [2.24, 2.45) is 0 Å². The molecule has 12 aromatic heterocycles. The van der Waals surface area contributed by atoms with Gasteiger partial charge in [-0.05, 0) is 145 Å². The third kappa shape index (κ3) is 25.4. The molecule has 12 rings (SSSR count). The summed E-state index contributed by atoms with van der Waals surface area (Å²) >= 11 is 0. The molecule has 12 heterocycles. The summed E-state index contributed by atoms with van der Waals surface area (Å²) in [7, 11) is 0. The van der Waals surface area contributed by atoms with Crippen LogP contribution in [-0.2, 0) is 50.4 Å². The van der Waals surface area contributed by atoms with E-state index in [-0.39, 0.29) is 117 Å². The molecule has 0 aliphatic heterocycles.